The molecular weight excluding hydrogens is 1340 g/mol. The first-order valence-corrected chi connectivity index (χ1v) is 31.4. The molecule has 4 N–H and O–H groups in total. The molecule has 16 nitrogen and oxygen atoms in total. The molecule has 28 heteroatoms. The van der Waals surface area contributed by atoms with Gasteiger partial charge in [-0.3, -0.25) is 37.9 Å². The van der Waals surface area contributed by atoms with Crippen LogP contribution in [0.4, 0.5) is 52.7 Å². The van der Waals surface area contributed by atoms with E-state index in [1.54, 1.807) is 26.0 Å². The molecule has 4 atom stereocenters. The van der Waals surface area contributed by atoms with Gasteiger partial charge in [0, 0.05) is 66.4 Å². The summed E-state index contributed by atoms with van der Waals surface area (Å²) in [6.07, 6.45) is -16.4. The van der Waals surface area contributed by atoms with E-state index in [2.05, 4.69) is 10.6 Å². The van der Waals surface area contributed by atoms with E-state index in [1.807, 2.05) is 4.90 Å². The fraction of sp³-hybridized carbons (Fsp3) is 0.306. The number of nitrogens with one attached hydrogen (secondary N) is 2. The van der Waals surface area contributed by atoms with E-state index in [4.69, 9.17) is 9.47 Å². The third-order valence-corrected chi connectivity index (χ3v) is 18.1. The first kappa shape index (κ1) is 71.1. The van der Waals surface area contributed by atoms with Gasteiger partial charge in [0.05, 0.1) is 41.6 Å². The number of benzene rings is 6. The molecule has 0 aliphatic carbocycles. The standard InChI is InChI=1S/C72H62F12N6O10/c1-36-8-5-10-54-62(36)44-24-38(3)64(74)46(26-44)52(32-60(93)94)85-68(97)66(40-12-14-48(70(76,77)78)56(28-40)99-54)89-34-42(49(30-58(89)91)71(79,80)81)17-22-87(4)21-16-39-25-45-27-47(65(39)75)53(33-61(95)96)86-69(98)67(41-13-15-51(73)57(29-41)100-55-11-6-9-37(2)63(45)55)90-35-43(18-23-88-19-7-20-88)50(31-59(90)92)72(82,83)84/h5-6,8-15,24-31,34-35,52-53,66-67H,7,16-23,32-33H2,1-4H3,(H,85,97)(H,86,98)(H,93,94)(H,95,96)/t52-,53-,66-,67-/m0/s1. The van der Waals surface area contributed by atoms with Crippen molar-refractivity contribution in [3.05, 3.63) is 232 Å². The van der Waals surface area contributed by atoms with Crippen molar-refractivity contribution in [2.45, 2.75) is 102 Å². The van der Waals surface area contributed by atoms with Crippen molar-refractivity contribution in [2.75, 3.05) is 39.8 Å². The highest BCUT2D eigenvalue weighted by Crippen LogP contribution is 2.46. The lowest BCUT2D eigenvalue weighted by Gasteiger charge is -2.31. The molecule has 3 aliphatic heterocycles. The average molecular weight is 1400 g/mol. The quantitative estimate of drug-likeness (QED) is 0.0709. The molecule has 1 fully saturated rings. The van der Waals surface area contributed by atoms with Gasteiger partial charge in [0.1, 0.15) is 41.0 Å². The predicted molar refractivity (Wildman–Crippen MR) is 340 cm³/mol. The molecule has 0 unspecified atom stereocenters. The van der Waals surface area contributed by atoms with E-state index in [-0.39, 0.29) is 94.5 Å². The van der Waals surface area contributed by atoms with Gasteiger partial charge in [-0.1, -0.05) is 36.4 Å². The lowest BCUT2D eigenvalue weighted by Crippen LogP contribution is -2.41. The Morgan fingerprint density at radius 3 is 1.48 bits per heavy atom. The minimum absolute atomic E-state index is 0.0700. The molecule has 11 rings (SSSR count). The van der Waals surface area contributed by atoms with E-state index in [9.17, 15) is 60.5 Å². The lowest BCUT2D eigenvalue weighted by atomic mass is 9.90. The van der Waals surface area contributed by atoms with E-state index >= 15 is 31.1 Å². The van der Waals surface area contributed by atoms with Crippen molar-refractivity contribution in [3.8, 4) is 45.3 Å². The molecule has 3 aliphatic rings. The van der Waals surface area contributed by atoms with Gasteiger partial charge >= 0.3 is 30.5 Å². The number of likely N-dealkylation sites (N-methyl/N-ethyl adjacent to an activating group) is 1. The van der Waals surface area contributed by atoms with Crippen molar-refractivity contribution in [3.63, 3.8) is 0 Å². The zero-order valence-electron chi connectivity index (χ0n) is 53.6. The van der Waals surface area contributed by atoms with Crippen LogP contribution in [-0.2, 0) is 57.0 Å². The number of hydrogen-bond acceptors (Lipinski definition) is 10. The first-order valence-electron chi connectivity index (χ1n) is 31.4. The molecule has 8 aromatic rings. The number of fused-ring (bicyclic) bond motifs is 12. The monoisotopic (exact) mass is 1400 g/mol. The van der Waals surface area contributed by atoms with Crippen LogP contribution in [0, 0.1) is 38.2 Å². The maximum Gasteiger partial charge on any atom is 0.419 e. The zero-order valence-corrected chi connectivity index (χ0v) is 53.6. The van der Waals surface area contributed by atoms with Gasteiger partial charge in [0.2, 0.25) is 11.8 Å². The van der Waals surface area contributed by atoms with Crippen LogP contribution >= 0.6 is 0 Å². The number of aromatic nitrogens is 2. The van der Waals surface area contributed by atoms with E-state index < -0.39 is 165 Å². The van der Waals surface area contributed by atoms with Gasteiger partial charge in [-0.15, -0.1) is 0 Å². The van der Waals surface area contributed by atoms with Gasteiger partial charge in [-0.05, 0) is 183 Å². The largest absolute Gasteiger partial charge is 0.481 e. The SMILES string of the molecule is Cc1cc2cc(c1F)[C@H](CC(=O)O)NC(=O)[C@@H](n1cc(CCN(C)CCc3cc4cc(c3F)[C@H](CC(=O)O)NC(=O)[C@@H](n3cc(CCN5CCC5)c(C(F)(F)F)cc3=O)c3ccc(F)c(c3)Oc3cccc(C)c3-4)c(C(F)(F)F)cc1=O)c1ccc(C(F)(F)F)c(c1)Oc1cccc(C)c1-2. The summed E-state index contributed by atoms with van der Waals surface area (Å²) in [5.41, 5.74) is -8.53. The van der Waals surface area contributed by atoms with Crippen LogP contribution < -0.4 is 31.2 Å². The number of amides is 2. The number of ether oxygens (including phenoxy) is 2. The normalized spacial score (nSPS) is 17.2. The van der Waals surface area contributed by atoms with Crippen molar-refractivity contribution in [1.29, 1.82) is 0 Å². The Balaban J connectivity index is 0.968. The van der Waals surface area contributed by atoms with Crippen molar-refractivity contribution in [1.82, 2.24) is 29.6 Å². The molecule has 6 aromatic carbocycles. The summed E-state index contributed by atoms with van der Waals surface area (Å²) in [6.45, 7) is 5.24. The fourth-order valence-electron chi connectivity index (χ4n) is 13.0. The smallest absolute Gasteiger partial charge is 0.419 e. The molecular formula is C72H62F12N6O10. The highest BCUT2D eigenvalue weighted by molar-refractivity contribution is 5.87. The number of hydrogen-bond donors (Lipinski definition) is 4. The number of carboxylic acids is 2. The van der Waals surface area contributed by atoms with Crippen molar-refractivity contribution < 1.29 is 91.5 Å². The number of likely N-dealkylation sites (tertiary alicyclic amines) is 1. The second kappa shape index (κ2) is 27.8. The summed E-state index contributed by atoms with van der Waals surface area (Å²) in [7, 11) is 1.41. The summed E-state index contributed by atoms with van der Waals surface area (Å²) < 4.78 is 198. The molecule has 0 radical (unpaired) electrons. The Bertz CT molecular complexity index is 4720. The van der Waals surface area contributed by atoms with Crippen LogP contribution in [0.15, 0.2) is 131 Å². The minimum Gasteiger partial charge on any atom is -0.481 e. The molecule has 0 saturated carbocycles. The van der Waals surface area contributed by atoms with Crippen LogP contribution in [0.2, 0.25) is 0 Å². The minimum atomic E-state index is -5.29. The third kappa shape index (κ3) is 14.9. The zero-order chi connectivity index (χ0) is 72.2. The number of rotatable bonds is 15. The predicted octanol–water partition coefficient (Wildman–Crippen LogP) is 13.8. The van der Waals surface area contributed by atoms with Crippen molar-refractivity contribution >= 4 is 23.8 Å². The number of carboxylic acid groups (broad SMARTS) is 2. The maximum absolute atomic E-state index is 17.8. The third-order valence-electron chi connectivity index (χ3n) is 18.1. The highest BCUT2D eigenvalue weighted by Gasteiger charge is 2.41. The average Bonchev–Trinajstić information content (AvgIpc) is 1.29. The Labute approximate surface area is 562 Å². The van der Waals surface area contributed by atoms with Crippen LogP contribution in [0.5, 0.6) is 23.0 Å². The molecule has 100 heavy (non-hydrogen) atoms. The Hall–Kier alpha value is -10.2. The molecule has 2 amide bonds. The number of carbonyl (C=O) groups excluding carboxylic acids is 2. The highest BCUT2D eigenvalue weighted by atomic mass is 19.4. The summed E-state index contributed by atoms with van der Waals surface area (Å²) in [5, 5.41) is 25.5. The van der Waals surface area contributed by atoms with Gasteiger partial charge in [0.25, 0.3) is 11.1 Å². The van der Waals surface area contributed by atoms with Crippen LogP contribution in [-0.4, -0.2) is 92.7 Å². The Morgan fingerprint density at radius 1 is 0.530 bits per heavy atom. The second-order valence-electron chi connectivity index (χ2n) is 25.1. The van der Waals surface area contributed by atoms with Gasteiger partial charge in [0.15, 0.2) is 11.6 Å². The van der Waals surface area contributed by atoms with Crippen molar-refractivity contribution in [2.24, 2.45) is 0 Å². The Morgan fingerprint density at radius 2 is 0.990 bits per heavy atom. The Kier molecular flexibility index (Phi) is 19.8. The summed E-state index contributed by atoms with van der Waals surface area (Å²) in [4.78, 5) is 87.0. The molecule has 1 saturated heterocycles. The number of nitrogens with zero attached hydrogens (tertiary/aromatic N) is 4. The number of pyridine rings is 2. The topological polar surface area (TPSA) is 202 Å². The van der Waals surface area contributed by atoms with Gasteiger partial charge in [-0.2, -0.15) is 39.5 Å². The lowest BCUT2D eigenvalue weighted by molar-refractivity contribution is -0.139. The second-order valence-corrected chi connectivity index (χ2v) is 25.1. The molecule has 2 aromatic heterocycles. The van der Waals surface area contributed by atoms with E-state index in [0.717, 1.165) is 42.9 Å². The summed E-state index contributed by atoms with van der Waals surface area (Å²) in [6, 6.07) is 11.7. The molecule has 8 bridgehead atoms. The fourth-order valence-corrected chi connectivity index (χ4v) is 13.0. The van der Waals surface area contributed by atoms with Gasteiger partial charge in [-0.25, -0.2) is 13.2 Å². The van der Waals surface area contributed by atoms with Crippen LogP contribution in [0.1, 0.15) is 116 Å². The first-order chi connectivity index (χ1) is 47.1. The number of carbonyl (C=O) groups is 4. The summed E-state index contributed by atoms with van der Waals surface area (Å²) in [5.74, 6) is -10.6. The number of aryl methyl sites for hydroxylation is 3. The van der Waals surface area contributed by atoms with Crippen LogP contribution in [0.25, 0.3) is 22.3 Å². The molecule has 524 valence electrons. The van der Waals surface area contributed by atoms with Gasteiger partial charge < -0.3 is 40.1 Å². The maximum atomic E-state index is 17.8. The van der Waals surface area contributed by atoms with E-state index in [0.29, 0.717) is 51.7 Å². The number of aliphatic carboxylic acids is 2. The molecule has 0 spiro atoms. The van der Waals surface area contributed by atoms with Crippen LogP contribution in [0.3, 0.4) is 0 Å². The summed E-state index contributed by atoms with van der Waals surface area (Å²) >= 11 is 0. The molecule has 5 heterocycles. The number of alkyl halides is 9. The number of halogens is 12. The van der Waals surface area contributed by atoms with E-state index in [1.165, 1.54) is 67.4 Å².